The van der Waals surface area contributed by atoms with Crippen molar-refractivity contribution in [2.24, 2.45) is 5.14 Å². The van der Waals surface area contributed by atoms with Crippen molar-refractivity contribution < 1.29 is 26.3 Å². The summed E-state index contributed by atoms with van der Waals surface area (Å²) in [6.07, 6.45) is -1.86. The highest BCUT2D eigenvalue weighted by molar-refractivity contribution is 7.89. The molecule has 0 aliphatic carbocycles. The maximum atomic E-state index is 12.5. The van der Waals surface area contributed by atoms with Crippen LogP contribution in [0, 0.1) is 0 Å². The van der Waals surface area contributed by atoms with Gasteiger partial charge in [0.2, 0.25) is 10.0 Å². The Morgan fingerprint density at radius 3 is 2.44 bits per heavy atom. The van der Waals surface area contributed by atoms with Gasteiger partial charge in [0.15, 0.2) is 6.61 Å². The lowest BCUT2D eigenvalue weighted by Gasteiger charge is -2.15. The molecule has 0 unspecified atom stereocenters. The SMILES string of the molecule is NS(=O)(=O)c1ccc(OCC(F)(F)F)c(CNc2cc(Nc3ccc(Cl)cn3)ncn2)c1. The first-order valence-corrected chi connectivity index (χ1v) is 10.7. The van der Waals surface area contributed by atoms with E-state index in [0.29, 0.717) is 22.5 Å². The van der Waals surface area contributed by atoms with Gasteiger partial charge in [0.05, 0.1) is 9.92 Å². The Balaban J connectivity index is 1.77. The molecule has 0 saturated heterocycles. The fourth-order valence-electron chi connectivity index (χ4n) is 2.46. The topological polar surface area (TPSA) is 132 Å². The van der Waals surface area contributed by atoms with E-state index in [9.17, 15) is 21.6 Å². The third-order valence-electron chi connectivity index (χ3n) is 3.86. The molecule has 0 saturated carbocycles. The molecule has 4 N–H and O–H groups in total. The van der Waals surface area contributed by atoms with Crippen molar-refractivity contribution in [2.75, 3.05) is 17.2 Å². The number of primary sulfonamides is 1. The van der Waals surface area contributed by atoms with E-state index in [1.54, 1.807) is 12.1 Å². The van der Waals surface area contributed by atoms with Crippen molar-refractivity contribution in [3.63, 3.8) is 0 Å². The quantitative estimate of drug-likeness (QED) is 0.439. The van der Waals surface area contributed by atoms with Crippen LogP contribution >= 0.6 is 11.6 Å². The number of alkyl halides is 3. The van der Waals surface area contributed by atoms with Crippen LogP contribution in [0.15, 0.2) is 53.8 Å². The molecule has 170 valence electrons. The molecular weight excluding hydrogens is 473 g/mol. The first-order chi connectivity index (χ1) is 15.0. The predicted octanol–water partition coefficient (Wildman–Crippen LogP) is 3.47. The van der Waals surface area contributed by atoms with E-state index in [1.165, 1.54) is 18.6 Å². The molecule has 0 bridgehead atoms. The Morgan fingerprint density at radius 1 is 1.03 bits per heavy atom. The summed E-state index contributed by atoms with van der Waals surface area (Å²) >= 11 is 5.79. The highest BCUT2D eigenvalue weighted by Gasteiger charge is 2.29. The van der Waals surface area contributed by atoms with Gasteiger partial charge in [-0.25, -0.2) is 28.5 Å². The number of halogens is 4. The van der Waals surface area contributed by atoms with E-state index in [4.69, 9.17) is 21.5 Å². The van der Waals surface area contributed by atoms with Crippen LogP contribution in [-0.4, -0.2) is 36.2 Å². The number of hydrogen-bond acceptors (Lipinski definition) is 8. The molecule has 9 nitrogen and oxygen atoms in total. The fourth-order valence-corrected chi connectivity index (χ4v) is 3.14. The van der Waals surface area contributed by atoms with Gasteiger partial charge < -0.3 is 15.4 Å². The number of aromatic nitrogens is 3. The van der Waals surface area contributed by atoms with Crippen molar-refractivity contribution in [2.45, 2.75) is 17.6 Å². The Labute approximate surface area is 185 Å². The molecule has 3 rings (SSSR count). The average Bonchev–Trinajstić information content (AvgIpc) is 2.72. The Hall–Kier alpha value is -3.16. The van der Waals surface area contributed by atoms with E-state index < -0.39 is 22.8 Å². The van der Waals surface area contributed by atoms with E-state index in [0.717, 1.165) is 18.2 Å². The summed E-state index contributed by atoms with van der Waals surface area (Å²) in [6, 6.07) is 8.11. The zero-order valence-corrected chi connectivity index (χ0v) is 17.7. The number of nitrogens with two attached hydrogens (primary N) is 1. The summed E-state index contributed by atoms with van der Waals surface area (Å²) in [5.41, 5.74) is 0.133. The molecule has 0 amide bonds. The Bertz CT molecular complexity index is 1190. The summed E-state index contributed by atoms with van der Waals surface area (Å²) in [7, 11) is -4.07. The van der Waals surface area contributed by atoms with Crippen LogP contribution in [0.1, 0.15) is 5.56 Å². The molecule has 14 heteroatoms. The van der Waals surface area contributed by atoms with Gasteiger partial charge in [0, 0.05) is 24.4 Å². The molecule has 32 heavy (non-hydrogen) atoms. The molecule has 0 spiro atoms. The first kappa shape index (κ1) is 23.5. The number of nitrogens with one attached hydrogen (secondary N) is 2. The van der Waals surface area contributed by atoms with Crippen molar-refractivity contribution in [1.29, 1.82) is 0 Å². The van der Waals surface area contributed by atoms with Crippen LogP contribution in [0.3, 0.4) is 0 Å². The molecule has 0 fully saturated rings. The maximum Gasteiger partial charge on any atom is 0.422 e. The highest BCUT2D eigenvalue weighted by atomic mass is 35.5. The van der Waals surface area contributed by atoms with Crippen LogP contribution in [0.4, 0.5) is 30.6 Å². The van der Waals surface area contributed by atoms with Crippen LogP contribution in [0.2, 0.25) is 5.02 Å². The molecule has 1 aromatic carbocycles. The minimum Gasteiger partial charge on any atom is -0.484 e. The largest absolute Gasteiger partial charge is 0.484 e. The van der Waals surface area contributed by atoms with Gasteiger partial charge in [0.1, 0.15) is 29.5 Å². The Morgan fingerprint density at radius 2 is 1.78 bits per heavy atom. The van der Waals surface area contributed by atoms with Crippen LogP contribution < -0.4 is 20.5 Å². The molecule has 2 heterocycles. The third kappa shape index (κ3) is 6.93. The third-order valence-corrected chi connectivity index (χ3v) is 5.00. The number of nitrogens with zero attached hydrogens (tertiary/aromatic N) is 3. The zero-order chi connectivity index (χ0) is 23.4. The minimum atomic E-state index is -4.56. The van der Waals surface area contributed by atoms with Gasteiger partial charge >= 0.3 is 6.18 Å². The zero-order valence-electron chi connectivity index (χ0n) is 16.1. The number of sulfonamides is 1. The van der Waals surface area contributed by atoms with Gasteiger partial charge in [-0.2, -0.15) is 13.2 Å². The van der Waals surface area contributed by atoms with E-state index in [2.05, 4.69) is 25.6 Å². The summed E-state index contributed by atoms with van der Waals surface area (Å²) in [5.74, 6) is 1.01. The molecular formula is C18H16ClF3N6O3S. The predicted molar refractivity (Wildman–Crippen MR) is 111 cm³/mol. The standard InChI is InChI=1S/C18H16ClF3N6O3S/c19-12-1-4-15(25-8-12)28-17-6-16(26-10-27-17)24-7-11-5-13(32(23,29)30)2-3-14(11)31-9-18(20,21)22/h1-6,8,10H,7,9H2,(H2,23,29,30)(H2,24,25,26,27,28). The van der Waals surface area contributed by atoms with E-state index in [-0.39, 0.29) is 22.8 Å². The van der Waals surface area contributed by atoms with Crippen molar-refractivity contribution >= 4 is 39.1 Å². The highest BCUT2D eigenvalue weighted by Crippen LogP contribution is 2.26. The van der Waals surface area contributed by atoms with Gasteiger partial charge in [0.25, 0.3) is 0 Å². The summed E-state index contributed by atoms with van der Waals surface area (Å²) in [6.45, 7) is -1.64. The second-order valence-electron chi connectivity index (χ2n) is 6.35. The second-order valence-corrected chi connectivity index (χ2v) is 8.34. The van der Waals surface area contributed by atoms with Crippen LogP contribution in [0.25, 0.3) is 0 Å². The average molecular weight is 489 g/mol. The van der Waals surface area contributed by atoms with Gasteiger partial charge in [-0.05, 0) is 30.3 Å². The fraction of sp³-hybridized carbons (Fsp3) is 0.167. The van der Waals surface area contributed by atoms with E-state index >= 15 is 0 Å². The maximum absolute atomic E-state index is 12.5. The molecule has 0 aliphatic rings. The lowest BCUT2D eigenvalue weighted by Crippen LogP contribution is -2.20. The first-order valence-electron chi connectivity index (χ1n) is 8.79. The lowest BCUT2D eigenvalue weighted by molar-refractivity contribution is -0.153. The van der Waals surface area contributed by atoms with Gasteiger partial charge in [-0.15, -0.1) is 0 Å². The molecule has 0 aliphatic heterocycles. The van der Waals surface area contributed by atoms with Crippen LogP contribution in [-0.2, 0) is 16.6 Å². The minimum absolute atomic E-state index is 0.105. The second kappa shape index (κ2) is 9.54. The molecule has 2 aromatic heterocycles. The summed E-state index contributed by atoms with van der Waals surface area (Å²) in [4.78, 5) is 11.9. The summed E-state index contributed by atoms with van der Waals surface area (Å²) < 4.78 is 65.7. The molecule has 3 aromatic rings. The van der Waals surface area contributed by atoms with Crippen molar-refractivity contribution in [3.05, 3.63) is 59.5 Å². The number of rotatable bonds is 8. The van der Waals surface area contributed by atoms with Crippen LogP contribution in [0.5, 0.6) is 5.75 Å². The number of hydrogen-bond donors (Lipinski definition) is 3. The molecule has 0 atom stereocenters. The number of benzene rings is 1. The Kier molecular flexibility index (Phi) is 7.01. The smallest absolute Gasteiger partial charge is 0.422 e. The monoisotopic (exact) mass is 488 g/mol. The molecule has 0 radical (unpaired) electrons. The van der Waals surface area contributed by atoms with Crippen molar-refractivity contribution in [1.82, 2.24) is 15.0 Å². The number of anilines is 3. The normalized spacial score (nSPS) is 11.8. The number of ether oxygens (including phenoxy) is 1. The van der Waals surface area contributed by atoms with E-state index in [1.807, 2.05) is 0 Å². The van der Waals surface area contributed by atoms with Gasteiger partial charge in [-0.3, -0.25) is 0 Å². The van der Waals surface area contributed by atoms with Crippen molar-refractivity contribution in [3.8, 4) is 5.75 Å². The number of pyridine rings is 1. The summed E-state index contributed by atoms with van der Waals surface area (Å²) in [5, 5.41) is 11.4. The van der Waals surface area contributed by atoms with Gasteiger partial charge in [-0.1, -0.05) is 11.6 Å². The lowest BCUT2D eigenvalue weighted by atomic mass is 10.2.